The molecule has 0 aliphatic rings. The number of carbonyl (C=O) groups excluding carboxylic acids is 2. The van der Waals surface area contributed by atoms with E-state index in [1.54, 1.807) is 24.3 Å². The monoisotopic (exact) mass is 516 g/mol. The molecule has 2 N–H and O–H groups in total. The van der Waals surface area contributed by atoms with Gasteiger partial charge in [-0.25, -0.2) is 0 Å². The molecule has 0 radical (unpaired) electrons. The Morgan fingerprint density at radius 1 is 1.05 bits per heavy atom. The molecule has 0 spiro atoms. The molecule has 2 amide bonds. The van der Waals surface area contributed by atoms with Crippen LogP contribution in [0, 0.1) is 6.92 Å². The summed E-state index contributed by atoms with van der Waals surface area (Å²) in [4.78, 5) is 30.2. The third-order valence-electron chi connectivity index (χ3n) is 5.80. The van der Waals surface area contributed by atoms with Gasteiger partial charge in [-0.05, 0) is 86.9 Å². The summed E-state index contributed by atoms with van der Waals surface area (Å²) >= 11 is 0. The first-order valence-electron chi connectivity index (χ1n) is 12.4. The largest absolute Gasteiger partial charge is 0.508 e. The number of phenols is 1. The number of furan rings is 1. The van der Waals surface area contributed by atoms with Gasteiger partial charge in [0.15, 0.2) is 5.76 Å². The van der Waals surface area contributed by atoms with E-state index in [1.165, 1.54) is 21.8 Å². The number of hydrogen-bond donors (Lipinski definition) is 2. The number of amides is 2. The summed E-state index contributed by atoms with van der Waals surface area (Å²) < 4.78 is 5.56. The molecular weight excluding hydrogens is 484 g/mol. The lowest BCUT2D eigenvalue weighted by molar-refractivity contribution is -0.128. The predicted octanol–water partition coefficient (Wildman–Crippen LogP) is 4.20. The molecule has 1 atom stereocenters. The number of aromatic nitrogens is 4. The average molecular weight is 517 g/mol. The quantitative estimate of drug-likeness (QED) is 0.359. The second-order valence-electron chi connectivity index (χ2n) is 10.1. The van der Waals surface area contributed by atoms with Gasteiger partial charge in [-0.1, -0.05) is 31.2 Å². The predicted molar refractivity (Wildman–Crippen MR) is 142 cm³/mol. The van der Waals surface area contributed by atoms with Crippen LogP contribution in [-0.2, 0) is 22.6 Å². The normalized spacial score (nSPS) is 12.2. The molecule has 198 valence electrons. The molecule has 0 aliphatic heterocycles. The summed E-state index contributed by atoms with van der Waals surface area (Å²) in [5.41, 5.74) is 1.63. The van der Waals surface area contributed by atoms with Crippen molar-refractivity contribution in [3.05, 3.63) is 77.6 Å². The fourth-order valence-electron chi connectivity index (χ4n) is 4.00. The summed E-state index contributed by atoms with van der Waals surface area (Å²) in [7, 11) is 0. The Balaban J connectivity index is 1.75. The first-order chi connectivity index (χ1) is 18.0. The molecule has 0 fully saturated rings. The molecule has 0 aliphatic carbocycles. The van der Waals surface area contributed by atoms with Crippen molar-refractivity contribution < 1.29 is 19.1 Å². The summed E-state index contributed by atoms with van der Waals surface area (Å²) in [5.74, 6) is 0.674. The highest BCUT2D eigenvalue weighted by Crippen LogP contribution is 2.30. The van der Waals surface area contributed by atoms with Gasteiger partial charge in [0.05, 0.1) is 0 Å². The highest BCUT2D eigenvalue weighted by molar-refractivity contribution is 6.01. The van der Waals surface area contributed by atoms with Crippen LogP contribution in [0.1, 0.15) is 50.6 Å². The SMILES string of the molecule is CCc1ccc(N(C(=O)Cn2nnc(-c3ccc(C)o3)n2)[C@H](C(=O)NC(C)(C)C)c2ccc(O)cc2)cc1. The Morgan fingerprint density at radius 2 is 1.74 bits per heavy atom. The maximum absolute atomic E-state index is 13.9. The van der Waals surface area contributed by atoms with Crippen LogP contribution in [0.2, 0.25) is 0 Å². The molecule has 0 bridgehead atoms. The van der Waals surface area contributed by atoms with Crippen molar-refractivity contribution in [2.75, 3.05) is 4.90 Å². The Hall–Kier alpha value is -4.47. The van der Waals surface area contributed by atoms with Gasteiger partial charge >= 0.3 is 0 Å². The maximum atomic E-state index is 13.9. The van der Waals surface area contributed by atoms with Crippen molar-refractivity contribution in [2.45, 2.75) is 59.2 Å². The number of phenolic OH excluding ortho intramolecular Hbond substituents is 1. The van der Waals surface area contributed by atoms with Gasteiger partial charge in [0.2, 0.25) is 11.7 Å². The molecule has 4 aromatic rings. The number of nitrogens with zero attached hydrogens (tertiary/aromatic N) is 5. The third-order valence-corrected chi connectivity index (χ3v) is 5.80. The number of nitrogens with one attached hydrogen (secondary N) is 1. The van der Waals surface area contributed by atoms with Crippen molar-refractivity contribution in [3.63, 3.8) is 0 Å². The minimum atomic E-state index is -1.02. The lowest BCUT2D eigenvalue weighted by atomic mass is 10.00. The summed E-state index contributed by atoms with van der Waals surface area (Å²) in [5, 5.41) is 25.2. The molecule has 4 rings (SSSR count). The van der Waals surface area contributed by atoms with E-state index in [4.69, 9.17) is 4.42 Å². The summed E-state index contributed by atoms with van der Waals surface area (Å²) in [6.07, 6.45) is 0.831. The van der Waals surface area contributed by atoms with E-state index in [9.17, 15) is 14.7 Å². The molecule has 0 unspecified atom stereocenters. The summed E-state index contributed by atoms with van der Waals surface area (Å²) in [6, 6.07) is 16.2. The van der Waals surface area contributed by atoms with Crippen molar-refractivity contribution in [1.82, 2.24) is 25.5 Å². The van der Waals surface area contributed by atoms with Gasteiger partial charge in [-0.3, -0.25) is 14.5 Å². The first kappa shape index (κ1) is 26.6. The number of benzene rings is 2. The van der Waals surface area contributed by atoms with E-state index in [-0.39, 0.29) is 24.0 Å². The molecule has 2 aromatic heterocycles. The lowest BCUT2D eigenvalue weighted by Crippen LogP contribution is -2.50. The second kappa shape index (κ2) is 10.9. The van der Waals surface area contributed by atoms with E-state index in [0.717, 1.165) is 12.0 Å². The standard InChI is InChI=1S/C28H32N6O4/c1-6-19-8-12-21(13-9-19)34(24(36)17-33-31-26(30-32-33)23-16-7-18(2)38-23)25(27(37)29-28(3,4)5)20-10-14-22(35)15-11-20/h7-16,25,35H,6,17H2,1-5H3,(H,29,37)/t25-/m0/s1. The van der Waals surface area contributed by atoms with E-state index >= 15 is 0 Å². The Morgan fingerprint density at radius 3 is 2.32 bits per heavy atom. The van der Waals surface area contributed by atoms with Crippen LogP contribution in [0.15, 0.2) is 65.1 Å². The smallest absolute Gasteiger partial charge is 0.251 e. The molecule has 2 aromatic carbocycles. The Bertz CT molecular complexity index is 1400. The molecule has 38 heavy (non-hydrogen) atoms. The molecule has 10 heteroatoms. The third kappa shape index (κ3) is 6.26. The highest BCUT2D eigenvalue weighted by Gasteiger charge is 2.35. The second-order valence-corrected chi connectivity index (χ2v) is 10.1. The van der Waals surface area contributed by atoms with Crippen molar-refractivity contribution >= 4 is 17.5 Å². The molecular formula is C28H32N6O4. The minimum absolute atomic E-state index is 0.0569. The first-order valence-corrected chi connectivity index (χ1v) is 12.4. The van der Waals surface area contributed by atoms with Crippen LogP contribution >= 0.6 is 0 Å². The van der Waals surface area contributed by atoms with Crippen molar-refractivity contribution in [1.29, 1.82) is 0 Å². The van der Waals surface area contributed by atoms with E-state index in [2.05, 4.69) is 20.7 Å². The number of aromatic hydroxyl groups is 1. The number of carbonyl (C=O) groups is 2. The van der Waals surface area contributed by atoms with Gasteiger partial charge in [-0.2, -0.15) is 4.80 Å². The zero-order chi connectivity index (χ0) is 27.4. The highest BCUT2D eigenvalue weighted by atomic mass is 16.3. The van der Waals surface area contributed by atoms with Gasteiger partial charge in [0.25, 0.3) is 5.91 Å². The number of tetrazole rings is 1. The topological polar surface area (TPSA) is 126 Å². The zero-order valence-corrected chi connectivity index (χ0v) is 22.2. The molecule has 0 saturated heterocycles. The van der Waals surface area contributed by atoms with Crippen LogP contribution in [0.25, 0.3) is 11.6 Å². The summed E-state index contributed by atoms with van der Waals surface area (Å²) in [6.45, 7) is 9.21. The fraction of sp³-hybridized carbons (Fsp3) is 0.321. The van der Waals surface area contributed by atoms with E-state index in [0.29, 0.717) is 22.8 Å². The number of hydrogen-bond acceptors (Lipinski definition) is 7. The number of rotatable bonds is 8. The molecule has 10 nitrogen and oxygen atoms in total. The Labute approximate surface area is 221 Å². The van der Waals surface area contributed by atoms with Gasteiger partial charge in [0.1, 0.15) is 24.1 Å². The van der Waals surface area contributed by atoms with Gasteiger partial charge < -0.3 is 14.8 Å². The molecule has 0 saturated carbocycles. The average Bonchev–Trinajstić information content (AvgIpc) is 3.51. The number of aryl methyl sites for hydroxylation is 2. The molecule has 2 heterocycles. The van der Waals surface area contributed by atoms with Crippen LogP contribution in [0.4, 0.5) is 5.69 Å². The van der Waals surface area contributed by atoms with Crippen LogP contribution in [0.3, 0.4) is 0 Å². The minimum Gasteiger partial charge on any atom is -0.508 e. The van der Waals surface area contributed by atoms with Gasteiger partial charge in [-0.15, -0.1) is 10.2 Å². The van der Waals surface area contributed by atoms with E-state index in [1.807, 2.05) is 58.9 Å². The zero-order valence-electron chi connectivity index (χ0n) is 22.2. The van der Waals surface area contributed by atoms with Gasteiger partial charge in [0, 0.05) is 11.2 Å². The van der Waals surface area contributed by atoms with Crippen LogP contribution in [-0.4, -0.2) is 42.7 Å². The van der Waals surface area contributed by atoms with E-state index < -0.39 is 17.5 Å². The Kier molecular flexibility index (Phi) is 7.61. The fourth-order valence-corrected chi connectivity index (χ4v) is 4.00. The van der Waals surface area contributed by atoms with Crippen molar-refractivity contribution in [3.8, 4) is 17.3 Å². The van der Waals surface area contributed by atoms with Crippen LogP contribution in [0.5, 0.6) is 5.75 Å². The van der Waals surface area contributed by atoms with Crippen molar-refractivity contribution in [2.24, 2.45) is 0 Å². The maximum Gasteiger partial charge on any atom is 0.251 e. The van der Waals surface area contributed by atoms with Crippen LogP contribution < -0.4 is 10.2 Å². The lowest BCUT2D eigenvalue weighted by Gasteiger charge is -2.33. The number of anilines is 1.